The third-order valence-electron chi connectivity index (χ3n) is 1.85. The van der Waals surface area contributed by atoms with Gasteiger partial charge in [-0.25, -0.2) is 0 Å². The molecule has 0 fully saturated rings. The Morgan fingerprint density at radius 3 is 2.82 bits per heavy atom. The summed E-state index contributed by atoms with van der Waals surface area (Å²) in [5.41, 5.74) is 0. The SMILES string of the molecule is Brc1cncc2c1=CCCC=2. The molecule has 0 saturated carbocycles. The van der Waals surface area contributed by atoms with E-state index in [9.17, 15) is 0 Å². The van der Waals surface area contributed by atoms with Crippen molar-refractivity contribution < 1.29 is 0 Å². The summed E-state index contributed by atoms with van der Waals surface area (Å²) in [6.45, 7) is 0. The minimum absolute atomic E-state index is 1.10. The fourth-order valence-electron chi connectivity index (χ4n) is 1.30. The van der Waals surface area contributed by atoms with Crippen LogP contribution >= 0.6 is 15.9 Å². The van der Waals surface area contributed by atoms with E-state index in [1.807, 2.05) is 12.4 Å². The second-order valence-corrected chi connectivity index (χ2v) is 3.46. The zero-order valence-electron chi connectivity index (χ0n) is 6.05. The molecule has 0 saturated heterocycles. The maximum Gasteiger partial charge on any atom is 0.0433 e. The van der Waals surface area contributed by atoms with Crippen molar-refractivity contribution in [2.75, 3.05) is 0 Å². The Hall–Kier alpha value is -0.630. The van der Waals surface area contributed by atoms with E-state index in [0.717, 1.165) is 17.3 Å². The van der Waals surface area contributed by atoms with Crippen molar-refractivity contribution in [3.63, 3.8) is 0 Å². The highest BCUT2D eigenvalue weighted by Crippen LogP contribution is 2.01. The molecule has 1 nitrogen and oxygen atoms in total. The van der Waals surface area contributed by atoms with E-state index in [0.29, 0.717) is 0 Å². The van der Waals surface area contributed by atoms with E-state index in [-0.39, 0.29) is 0 Å². The normalized spacial score (nSPS) is 14.6. The Kier molecular flexibility index (Phi) is 1.78. The van der Waals surface area contributed by atoms with Crippen LogP contribution < -0.4 is 10.4 Å². The Morgan fingerprint density at radius 2 is 2.00 bits per heavy atom. The highest BCUT2D eigenvalue weighted by atomic mass is 79.9. The highest BCUT2D eigenvalue weighted by Gasteiger charge is 1.95. The average molecular weight is 210 g/mol. The van der Waals surface area contributed by atoms with E-state index in [2.05, 4.69) is 33.1 Å². The minimum atomic E-state index is 1.10. The van der Waals surface area contributed by atoms with Crippen LogP contribution in [0.4, 0.5) is 0 Å². The van der Waals surface area contributed by atoms with Crippen molar-refractivity contribution in [3.8, 4) is 0 Å². The number of nitrogens with zero attached hydrogens (tertiary/aromatic N) is 1. The van der Waals surface area contributed by atoms with Crippen molar-refractivity contribution in [2.24, 2.45) is 0 Å². The standard InChI is InChI=1S/C9H8BrN/c10-9-6-11-5-7-3-1-2-4-8(7)9/h3-6H,1-2H2. The van der Waals surface area contributed by atoms with Gasteiger partial charge >= 0.3 is 0 Å². The summed E-state index contributed by atoms with van der Waals surface area (Å²) in [6.07, 6.45) is 10.5. The molecule has 0 amide bonds. The molecule has 0 aromatic carbocycles. The molecule has 0 radical (unpaired) electrons. The van der Waals surface area contributed by atoms with Gasteiger partial charge in [0, 0.05) is 16.9 Å². The number of aromatic nitrogens is 1. The van der Waals surface area contributed by atoms with Gasteiger partial charge in [-0.1, -0.05) is 12.2 Å². The summed E-state index contributed by atoms with van der Waals surface area (Å²) in [5.74, 6) is 0. The van der Waals surface area contributed by atoms with Crippen LogP contribution in [0.1, 0.15) is 12.8 Å². The molecule has 2 heteroatoms. The molecule has 1 aromatic heterocycles. The maximum atomic E-state index is 4.10. The zero-order chi connectivity index (χ0) is 7.68. The first-order valence-corrected chi connectivity index (χ1v) is 4.47. The van der Waals surface area contributed by atoms with Gasteiger partial charge in [-0.15, -0.1) is 0 Å². The minimum Gasteiger partial charge on any atom is -0.263 e. The largest absolute Gasteiger partial charge is 0.263 e. The van der Waals surface area contributed by atoms with Crippen molar-refractivity contribution >= 4 is 28.1 Å². The smallest absolute Gasteiger partial charge is 0.0433 e. The molecule has 0 spiro atoms. The van der Waals surface area contributed by atoms with Crippen LogP contribution in [0, 0.1) is 0 Å². The second kappa shape index (κ2) is 2.78. The number of hydrogen-bond donors (Lipinski definition) is 0. The second-order valence-electron chi connectivity index (χ2n) is 2.61. The van der Waals surface area contributed by atoms with Crippen LogP contribution in [0.3, 0.4) is 0 Å². The summed E-state index contributed by atoms with van der Waals surface area (Å²) in [6, 6.07) is 0. The van der Waals surface area contributed by atoms with Gasteiger partial charge in [0.25, 0.3) is 0 Å². The van der Waals surface area contributed by atoms with Crippen molar-refractivity contribution in [1.29, 1.82) is 0 Å². The molecule has 0 aliphatic heterocycles. The number of rotatable bonds is 0. The zero-order valence-corrected chi connectivity index (χ0v) is 7.63. The third kappa shape index (κ3) is 1.23. The van der Waals surface area contributed by atoms with Crippen molar-refractivity contribution in [1.82, 2.24) is 4.98 Å². The van der Waals surface area contributed by atoms with Crippen LogP contribution in [0.15, 0.2) is 16.9 Å². The average Bonchev–Trinajstić information content (AvgIpc) is 2.06. The Labute approximate surface area is 73.6 Å². The lowest BCUT2D eigenvalue weighted by atomic mass is 10.1. The van der Waals surface area contributed by atoms with E-state index in [1.165, 1.54) is 10.4 Å². The summed E-state index contributed by atoms with van der Waals surface area (Å²) in [5, 5.41) is 2.55. The van der Waals surface area contributed by atoms with Gasteiger partial charge < -0.3 is 0 Å². The molecular weight excluding hydrogens is 202 g/mol. The molecule has 2 rings (SSSR count). The number of hydrogen-bond acceptors (Lipinski definition) is 1. The lowest BCUT2D eigenvalue weighted by molar-refractivity contribution is 1.10. The quantitative estimate of drug-likeness (QED) is 0.626. The monoisotopic (exact) mass is 209 g/mol. The number of pyridine rings is 1. The fourth-order valence-corrected chi connectivity index (χ4v) is 1.81. The van der Waals surface area contributed by atoms with Gasteiger partial charge in [0.05, 0.1) is 0 Å². The van der Waals surface area contributed by atoms with Crippen LogP contribution in [0.2, 0.25) is 0 Å². The number of fused-ring (bicyclic) bond motifs is 1. The van der Waals surface area contributed by atoms with E-state index >= 15 is 0 Å². The molecule has 1 aromatic rings. The molecule has 0 atom stereocenters. The first-order chi connectivity index (χ1) is 5.38. The molecule has 0 N–H and O–H groups in total. The fraction of sp³-hybridized carbons (Fsp3) is 0.222. The van der Waals surface area contributed by atoms with Gasteiger partial charge in [-0.3, -0.25) is 4.98 Å². The lowest BCUT2D eigenvalue weighted by Crippen LogP contribution is -2.28. The van der Waals surface area contributed by atoms with Crippen molar-refractivity contribution in [3.05, 3.63) is 27.3 Å². The van der Waals surface area contributed by atoms with Gasteiger partial charge in [0.2, 0.25) is 0 Å². The van der Waals surface area contributed by atoms with Crippen LogP contribution in [-0.4, -0.2) is 4.98 Å². The summed E-state index contributed by atoms with van der Waals surface area (Å²) < 4.78 is 1.10. The van der Waals surface area contributed by atoms with Gasteiger partial charge in [0.1, 0.15) is 0 Å². The van der Waals surface area contributed by atoms with Gasteiger partial charge in [-0.05, 0) is 39.2 Å². The summed E-state index contributed by atoms with van der Waals surface area (Å²) in [7, 11) is 0. The van der Waals surface area contributed by atoms with Gasteiger partial charge in [0.15, 0.2) is 0 Å². The first kappa shape index (κ1) is 7.04. The van der Waals surface area contributed by atoms with Gasteiger partial charge in [-0.2, -0.15) is 0 Å². The molecule has 0 bridgehead atoms. The lowest BCUT2D eigenvalue weighted by Gasteiger charge is -1.99. The first-order valence-electron chi connectivity index (χ1n) is 3.68. The molecule has 0 unspecified atom stereocenters. The molecule has 56 valence electrons. The van der Waals surface area contributed by atoms with Crippen LogP contribution in [0.5, 0.6) is 0 Å². The van der Waals surface area contributed by atoms with E-state index < -0.39 is 0 Å². The summed E-state index contributed by atoms with van der Waals surface area (Å²) in [4.78, 5) is 4.10. The Morgan fingerprint density at radius 1 is 1.18 bits per heavy atom. The van der Waals surface area contributed by atoms with Crippen LogP contribution in [0.25, 0.3) is 12.2 Å². The predicted molar refractivity (Wildman–Crippen MR) is 49.4 cm³/mol. The topological polar surface area (TPSA) is 12.9 Å². The predicted octanol–water partition coefficient (Wildman–Crippen LogP) is 1.20. The molecule has 11 heavy (non-hydrogen) atoms. The third-order valence-corrected chi connectivity index (χ3v) is 2.48. The highest BCUT2D eigenvalue weighted by molar-refractivity contribution is 9.10. The molecule has 1 aliphatic carbocycles. The molecular formula is C9H8BrN. The van der Waals surface area contributed by atoms with E-state index in [1.54, 1.807) is 0 Å². The molecule has 1 heterocycles. The molecule has 1 aliphatic rings. The summed E-state index contributed by atoms with van der Waals surface area (Å²) >= 11 is 3.47. The number of halogens is 1. The van der Waals surface area contributed by atoms with Crippen LogP contribution in [-0.2, 0) is 0 Å². The Balaban J connectivity index is 2.88. The Bertz CT molecular complexity index is 381. The van der Waals surface area contributed by atoms with Crippen molar-refractivity contribution in [2.45, 2.75) is 12.8 Å². The van der Waals surface area contributed by atoms with E-state index in [4.69, 9.17) is 0 Å². The maximum absolute atomic E-state index is 4.10.